The minimum absolute atomic E-state index is 0.577. The van der Waals surface area contributed by atoms with E-state index in [-0.39, 0.29) is 0 Å². The summed E-state index contributed by atoms with van der Waals surface area (Å²) in [6, 6.07) is 0. The van der Waals surface area contributed by atoms with Crippen molar-refractivity contribution in [1.82, 2.24) is 29.6 Å². The first kappa shape index (κ1) is 13.7. The molecule has 0 spiro atoms. The Morgan fingerprint density at radius 1 is 1.26 bits per heavy atom. The number of hydrogen-bond donors (Lipinski definition) is 1. The summed E-state index contributed by atoms with van der Waals surface area (Å²) in [7, 11) is 2.02. The van der Waals surface area contributed by atoms with Gasteiger partial charge in [0.1, 0.15) is 18.0 Å². The molecule has 0 atom stereocenters. The average Bonchev–Trinajstić information content (AvgIpc) is 2.94. The van der Waals surface area contributed by atoms with Crippen LogP contribution in [0.5, 0.6) is 0 Å². The minimum atomic E-state index is 0.577. The lowest BCUT2D eigenvalue weighted by molar-refractivity contribution is 0.457. The number of hydrogen-bond acceptors (Lipinski definition) is 4. The molecular weight excluding hydrogens is 240 g/mol. The first-order chi connectivity index (χ1) is 9.16. The SMILES string of the molecule is CC(C)Cn1ncnc1CNCCc1nccn1C. The van der Waals surface area contributed by atoms with Crippen LogP contribution in [-0.2, 0) is 26.6 Å². The van der Waals surface area contributed by atoms with Gasteiger partial charge in [-0.25, -0.2) is 14.6 Å². The molecule has 2 aromatic heterocycles. The second-order valence-electron chi connectivity index (χ2n) is 5.13. The number of aryl methyl sites for hydroxylation is 1. The van der Waals surface area contributed by atoms with Crippen molar-refractivity contribution in [2.75, 3.05) is 6.54 Å². The van der Waals surface area contributed by atoms with E-state index in [0.29, 0.717) is 5.92 Å². The maximum absolute atomic E-state index is 4.30. The van der Waals surface area contributed by atoms with E-state index in [2.05, 4.69) is 34.2 Å². The second kappa shape index (κ2) is 6.47. The molecule has 6 nitrogen and oxygen atoms in total. The highest BCUT2D eigenvalue weighted by Gasteiger charge is 2.06. The standard InChI is InChI=1S/C13H22N6/c1-11(2)9-19-13(16-10-17-19)8-14-5-4-12-15-6-7-18(12)3/h6-7,10-11,14H,4-5,8-9H2,1-3H3. The zero-order valence-electron chi connectivity index (χ0n) is 11.9. The summed E-state index contributed by atoms with van der Waals surface area (Å²) in [6.45, 7) is 6.91. The average molecular weight is 262 g/mol. The third kappa shape index (κ3) is 3.89. The molecule has 0 aromatic carbocycles. The summed E-state index contributed by atoms with van der Waals surface area (Å²) in [5.41, 5.74) is 0. The fourth-order valence-electron chi connectivity index (χ4n) is 1.96. The van der Waals surface area contributed by atoms with Gasteiger partial charge in [-0.2, -0.15) is 5.10 Å². The van der Waals surface area contributed by atoms with Crippen LogP contribution in [0.25, 0.3) is 0 Å². The minimum Gasteiger partial charge on any atom is -0.338 e. The molecule has 0 unspecified atom stereocenters. The molecule has 104 valence electrons. The van der Waals surface area contributed by atoms with Gasteiger partial charge in [-0.1, -0.05) is 13.8 Å². The van der Waals surface area contributed by atoms with E-state index in [0.717, 1.165) is 37.7 Å². The number of rotatable bonds is 7. The predicted octanol–water partition coefficient (Wildman–Crippen LogP) is 1.000. The Morgan fingerprint density at radius 3 is 2.79 bits per heavy atom. The molecule has 0 saturated carbocycles. The Bertz CT molecular complexity index is 499. The molecule has 6 heteroatoms. The highest BCUT2D eigenvalue weighted by atomic mass is 15.3. The number of imidazole rings is 1. The molecule has 0 aliphatic rings. The Hall–Kier alpha value is -1.69. The molecule has 2 aromatic rings. The van der Waals surface area contributed by atoms with E-state index >= 15 is 0 Å². The molecule has 1 N–H and O–H groups in total. The van der Waals surface area contributed by atoms with Crippen molar-refractivity contribution >= 4 is 0 Å². The van der Waals surface area contributed by atoms with Gasteiger partial charge in [0, 0.05) is 39.0 Å². The largest absolute Gasteiger partial charge is 0.338 e. The molecular formula is C13H22N6. The molecule has 0 aliphatic carbocycles. The lowest BCUT2D eigenvalue weighted by atomic mass is 10.2. The van der Waals surface area contributed by atoms with E-state index in [1.165, 1.54) is 0 Å². The summed E-state index contributed by atoms with van der Waals surface area (Å²) >= 11 is 0. The van der Waals surface area contributed by atoms with Crippen LogP contribution < -0.4 is 5.32 Å². The van der Waals surface area contributed by atoms with Gasteiger partial charge in [-0.15, -0.1) is 0 Å². The summed E-state index contributed by atoms with van der Waals surface area (Å²) in [5.74, 6) is 2.66. The van der Waals surface area contributed by atoms with Gasteiger partial charge in [-0.05, 0) is 5.92 Å². The van der Waals surface area contributed by atoms with Crippen LogP contribution in [0.3, 0.4) is 0 Å². The number of nitrogens with zero attached hydrogens (tertiary/aromatic N) is 5. The molecule has 0 fully saturated rings. The van der Waals surface area contributed by atoms with E-state index in [4.69, 9.17) is 0 Å². The maximum Gasteiger partial charge on any atom is 0.140 e. The first-order valence-electron chi connectivity index (χ1n) is 6.70. The molecule has 19 heavy (non-hydrogen) atoms. The smallest absolute Gasteiger partial charge is 0.140 e. The maximum atomic E-state index is 4.30. The second-order valence-corrected chi connectivity index (χ2v) is 5.13. The lowest BCUT2D eigenvalue weighted by Crippen LogP contribution is -2.21. The monoisotopic (exact) mass is 262 g/mol. The number of aromatic nitrogens is 5. The summed E-state index contributed by atoms with van der Waals surface area (Å²) < 4.78 is 4.02. The highest BCUT2D eigenvalue weighted by Crippen LogP contribution is 2.01. The van der Waals surface area contributed by atoms with Crippen LogP contribution in [0.15, 0.2) is 18.7 Å². The molecule has 0 bridgehead atoms. The lowest BCUT2D eigenvalue weighted by Gasteiger charge is -2.09. The zero-order valence-corrected chi connectivity index (χ0v) is 11.9. The van der Waals surface area contributed by atoms with Crippen molar-refractivity contribution in [3.63, 3.8) is 0 Å². The van der Waals surface area contributed by atoms with Gasteiger partial charge in [-0.3, -0.25) is 0 Å². The third-order valence-electron chi connectivity index (χ3n) is 2.96. The predicted molar refractivity (Wildman–Crippen MR) is 73.5 cm³/mol. The quantitative estimate of drug-likeness (QED) is 0.756. The Balaban J connectivity index is 1.77. The van der Waals surface area contributed by atoms with Crippen LogP contribution in [0.4, 0.5) is 0 Å². The van der Waals surface area contributed by atoms with Crippen molar-refractivity contribution in [2.45, 2.75) is 33.4 Å². The molecule has 0 saturated heterocycles. The molecule has 2 rings (SSSR count). The van der Waals surface area contributed by atoms with Gasteiger partial charge < -0.3 is 9.88 Å². The van der Waals surface area contributed by atoms with Crippen LogP contribution in [0, 0.1) is 5.92 Å². The van der Waals surface area contributed by atoms with E-state index in [1.54, 1.807) is 6.33 Å². The summed E-state index contributed by atoms with van der Waals surface area (Å²) in [6.07, 6.45) is 6.34. The van der Waals surface area contributed by atoms with Gasteiger partial charge in [0.15, 0.2) is 0 Å². The van der Waals surface area contributed by atoms with Crippen molar-refractivity contribution < 1.29 is 0 Å². The van der Waals surface area contributed by atoms with E-state index in [1.807, 2.05) is 28.7 Å². The van der Waals surface area contributed by atoms with Gasteiger partial charge in [0.05, 0.1) is 6.54 Å². The fourth-order valence-corrected chi connectivity index (χ4v) is 1.96. The molecule has 0 aliphatic heterocycles. The van der Waals surface area contributed by atoms with Gasteiger partial charge >= 0.3 is 0 Å². The van der Waals surface area contributed by atoms with E-state index < -0.39 is 0 Å². The molecule has 0 amide bonds. The molecule has 2 heterocycles. The van der Waals surface area contributed by atoms with Crippen molar-refractivity contribution in [1.29, 1.82) is 0 Å². The fraction of sp³-hybridized carbons (Fsp3) is 0.615. The summed E-state index contributed by atoms with van der Waals surface area (Å²) in [4.78, 5) is 8.59. The zero-order chi connectivity index (χ0) is 13.7. The summed E-state index contributed by atoms with van der Waals surface area (Å²) in [5, 5.41) is 7.64. The number of nitrogens with one attached hydrogen (secondary N) is 1. The van der Waals surface area contributed by atoms with Crippen LogP contribution >= 0.6 is 0 Å². The Kier molecular flexibility index (Phi) is 4.68. The van der Waals surface area contributed by atoms with Gasteiger partial charge in [0.2, 0.25) is 0 Å². The van der Waals surface area contributed by atoms with Crippen LogP contribution in [0.1, 0.15) is 25.5 Å². The van der Waals surface area contributed by atoms with Crippen LogP contribution in [0.2, 0.25) is 0 Å². The normalized spacial score (nSPS) is 11.4. The Labute approximate surface area is 113 Å². The van der Waals surface area contributed by atoms with Crippen molar-refractivity contribution in [3.8, 4) is 0 Å². The first-order valence-corrected chi connectivity index (χ1v) is 6.70. The third-order valence-corrected chi connectivity index (χ3v) is 2.96. The topological polar surface area (TPSA) is 60.6 Å². The van der Waals surface area contributed by atoms with Gasteiger partial charge in [0.25, 0.3) is 0 Å². The Morgan fingerprint density at radius 2 is 2.11 bits per heavy atom. The van der Waals surface area contributed by atoms with Crippen molar-refractivity contribution in [3.05, 3.63) is 30.4 Å². The van der Waals surface area contributed by atoms with Crippen LogP contribution in [-0.4, -0.2) is 30.9 Å². The molecule has 0 radical (unpaired) electrons. The van der Waals surface area contributed by atoms with Crippen molar-refractivity contribution in [2.24, 2.45) is 13.0 Å². The highest BCUT2D eigenvalue weighted by molar-refractivity contribution is 4.92. The van der Waals surface area contributed by atoms with E-state index in [9.17, 15) is 0 Å².